The summed E-state index contributed by atoms with van der Waals surface area (Å²) < 4.78 is 5.70. The Morgan fingerprint density at radius 2 is 2.00 bits per heavy atom. The van der Waals surface area contributed by atoms with Crippen molar-refractivity contribution in [3.8, 4) is 5.75 Å². The molecule has 1 N–H and O–H groups in total. The van der Waals surface area contributed by atoms with Crippen LogP contribution in [0.25, 0.3) is 0 Å². The van der Waals surface area contributed by atoms with Crippen LogP contribution in [-0.2, 0) is 0 Å². The predicted molar refractivity (Wildman–Crippen MR) is 79.0 cm³/mol. The fourth-order valence-corrected chi connectivity index (χ4v) is 1.80. The summed E-state index contributed by atoms with van der Waals surface area (Å²) >= 11 is 6.04. The van der Waals surface area contributed by atoms with Crippen LogP contribution in [0.2, 0.25) is 5.02 Å². The average Bonchev–Trinajstić information content (AvgIpc) is 2.41. The fraction of sp³-hybridized carbons (Fsp3) is 0.267. The van der Waals surface area contributed by atoms with Crippen molar-refractivity contribution in [1.29, 1.82) is 0 Å². The van der Waals surface area contributed by atoms with Gasteiger partial charge in [-0.1, -0.05) is 29.3 Å². The number of nitrogens with one attached hydrogen (secondary N) is 1. The van der Waals surface area contributed by atoms with E-state index in [1.807, 2.05) is 37.3 Å². The molecular weight excluding hydrogens is 260 g/mol. The lowest BCUT2D eigenvalue weighted by Gasteiger charge is -2.16. The Balaban J connectivity index is 1.86. The van der Waals surface area contributed by atoms with Crippen LogP contribution >= 0.6 is 11.6 Å². The van der Waals surface area contributed by atoms with Crippen LogP contribution in [0, 0.1) is 6.92 Å². The molecule has 19 heavy (non-hydrogen) atoms. The third-order valence-corrected chi connectivity index (χ3v) is 2.97. The van der Waals surface area contributed by atoms with Gasteiger partial charge >= 0.3 is 0 Å². The molecule has 0 aliphatic rings. The molecule has 1 aromatic carbocycles. The van der Waals surface area contributed by atoms with Crippen molar-refractivity contribution in [2.75, 3.05) is 11.9 Å². The van der Waals surface area contributed by atoms with Gasteiger partial charge in [0.1, 0.15) is 18.2 Å². The van der Waals surface area contributed by atoms with E-state index in [0.717, 1.165) is 5.75 Å². The summed E-state index contributed by atoms with van der Waals surface area (Å²) in [7, 11) is 0. The van der Waals surface area contributed by atoms with Gasteiger partial charge in [0.2, 0.25) is 0 Å². The van der Waals surface area contributed by atoms with E-state index in [-0.39, 0.29) is 6.04 Å². The first kappa shape index (κ1) is 13.7. The van der Waals surface area contributed by atoms with Crippen molar-refractivity contribution < 1.29 is 4.74 Å². The highest BCUT2D eigenvalue weighted by Crippen LogP contribution is 2.18. The number of ether oxygens (including phenoxy) is 1. The van der Waals surface area contributed by atoms with Crippen LogP contribution in [0.15, 0.2) is 42.6 Å². The summed E-state index contributed by atoms with van der Waals surface area (Å²) in [5.41, 5.74) is 1.22. The van der Waals surface area contributed by atoms with E-state index in [1.165, 1.54) is 5.56 Å². The largest absolute Gasteiger partial charge is 0.491 e. The zero-order valence-corrected chi connectivity index (χ0v) is 11.8. The molecule has 0 aliphatic carbocycles. The molecule has 100 valence electrons. The van der Waals surface area contributed by atoms with E-state index in [0.29, 0.717) is 17.4 Å². The molecule has 0 amide bonds. The third-order valence-electron chi connectivity index (χ3n) is 2.66. The summed E-state index contributed by atoms with van der Waals surface area (Å²) in [5, 5.41) is 3.84. The minimum Gasteiger partial charge on any atom is -0.491 e. The van der Waals surface area contributed by atoms with Crippen molar-refractivity contribution in [1.82, 2.24) is 4.98 Å². The molecule has 4 heteroatoms. The van der Waals surface area contributed by atoms with Crippen LogP contribution in [0.1, 0.15) is 12.5 Å². The van der Waals surface area contributed by atoms with E-state index in [4.69, 9.17) is 16.3 Å². The summed E-state index contributed by atoms with van der Waals surface area (Å²) in [6, 6.07) is 11.7. The lowest BCUT2D eigenvalue weighted by atomic mass is 10.2. The van der Waals surface area contributed by atoms with Crippen molar-refractivity contribution in [2.45, 2.75) is 19.9 Å². The predicted octanol–water partition coefficient (Wildman–Crippen LogP) is 3.92. The lowest BCUT2D eigenvalue weighted by molar-refractivity contribution is 0.303. The Labute approximate surface area is 118 Å². The van der Waals surface area contributed by atoms with Gasteiger partial charge in [-0.3, -0.25) is 0 Å². The topological polar surface area (TPSA) is 34.1 Å². The average molecular weight is 277 g/mol. The zero-order chi connectivity index (χ0) is 13.7. The van der Waals surface area contributed by atoms with E-state index in [9.17, 15) is 0 Å². The second-order valence-corrected chi connectivity index (χ2v) is 4.91. The second kappa shape index (κ2) is 6.43. The standard InChI is InChI=1S/C15H17ClN2O/c1-11-5-7-13(8-6-11)19-10-12(2)18-15-14(16)4-3-9-17-15/h3-9,12H,10H2,1-2H3,(H,17,18). The van der Waals surface area contributed by atoms with Crippen molar-refractivity contribution in [3.05, 3.63) is 53.2 Å². The summed E-state index contributed by atoms with van der Waals surface area (Å²) in [4.78, 5) is 4.19. The van der Waals surface area contributed by atoms with Crippen molar-refractivity contribution in [2.24, 2.45) is 0 Å². The number of anilines is 1. The first-order valence-corrected chi connectivity index (χ1v) is 6.59. The molecule has 0 saturated heterocycles. The normalized spacial score (nSPS) is 11.9. The molecule has 0 spiro atoms. The summed E-state index contributed by atoms with van der Waals surface area (Å²) in [6.45, 7) is 4.63. The number of hydrogen-bond acceptors (Lipinski definition) is 3. The van der Waals surface area contributed by atoms with Crippen LogP contribution in [0.3, 0.4) is 0 Å². The number of aromatic nitrogens is 1. The first-order chi connectivity index (χ1) is 9.15. The van der Waals surface area contributed by atoms with Gasteiger partial charge in [-0.2, -0.15) is 0 Å². The molecule has 0 saturated carbocycles. The SMILES string of the molecule is Cc1ccc(OCC(C)Nc2ncccc2Cl)cc1. The molecule has 0 fully saturated rings. The van der Waals surface area contributed by atoms with E-state index in [2.05, 4.69) is 17.2 Å². The molecule has 1 atom stereocenters. The van der Waals surface area contributed by atoms with Crippen LogP contribution in [-0.4, -0.2) is 17.6 Å². The molecule has 2 rings (SSSR count). The van der Waals surface area contributed by atoms with Gasteiger partial charge in [0.15, 0.2) is 0 Å². The Hall–Kier alpha value is -1.74. The number of rotatable bonds is 5. The number of pyridine rings is 1. The van der Waals surface area contributed by atoms with Gasteiger partial charge in [0.25, 0.3) is 0 Å². The molecule has 1 heterocycles. The zero-order valence-electron chi connectivity index (χ0n) is 11.1. The molecule has 1 aromatic heterocycles. The maximum absolute atomic E-state index is 6.04. The van der Waals surface area contributed by atoms with E-state index >= 15 is 0 Å². The van der Waals surface area contributed by atoms with Gasteiger partial charge < -0.3 is 10.1 Å². The quantitative estimate of drug-likeness (QED) is 0.899. The van der Waals surface area contributed by atoms with E-state index in [1.54, 1.807) is 12.3 Å². The first-order valence-electron chi connectivity index (χ1n) is 6.21. The lowest BCUT2D eigenvalue weighted by Crippen LogP contribution is -2.24. The number of aryl methyl sites for hydroxylation is 1. The van der Waals surface area contributed by atoms with Gasteiger partial charge in [0.05, 0.1) is 11.1 Å². The van der Waals surface area contributed by atoms with Gasteiger partial charge in [0, 0.05) is 6.20 Å². The summed E-state index contributed by atoms with van der Waals surface area (Å²) in [6.07, 6.45) is 1.71. The minimum absolute atomic E-state index is 0.119. The highest BCUT2D eigenvalue weighted by atomic mass is 35.5. The van der Waals surface area contributed by atoms with Gasteiger partial charge in [-0.25, -0.2) is 4.98 Å². The van der Waals surface area contributed by atoms with Gasteiger partial charge in [-0.05, 0) is 38.1 Å². The number of nitrogens with zero attached hydrogens (tertiary/aromatic N) is 1. The molecular formula is C15H17ClN2O. The minimum atomic E-state index is 0.119. The Morgan fingerprint density at radius 1 is 1.26 bits per heavy atom. The van der Waals surface area contributed by atoms with Crippen LogP contribution in [0.4, 0.5) is 5.82 Å². The van der Waals surface area contributed by atoms with Crippen molar-refractivity contribution >= 4 is 17.4 Å². The van der Waals surface area contributed by atoms with E-state index < -0.39 is 0 Å². The molecule has 0 bridgehead atoms. The number of benzene rings is 1. The van der Waals surface area contributed by atoms with Crippen LogP contribution < -0.4 is 10.1 Å². The molecule has 3 nitrogen and oxygen atoms in total. The molecule has 2 aromatic rings. The Kier molecular flexibility index (Phi) is 4.63. The maximum Gasteiger partial charge on any atom is 0.145 e. The Morgan fingerprint density at radius 3 is 2.68 bits per heavy atom. The van der Waals surface area contributed by atoms with Crippen LogP contribution in [0.5, 0.6) is 5.75 Å². The number of halogens is 1. The highest BCUT2D eigenvalue weighted by Gasteiger charge is 2.06. The Bertz CT molecular complexity index is 528. The van der Waals surface area contributed by atoms with Crippen molar-refractivity contribution in [3.63, 3.8) is 0 Å². The second-order valence-electron chi connectivity index (χ2n) is 4.50. The summed E-state index contributed by atoms with van der Waals surface area (Å²) in [5.74, 6) is 1.55. The maximum atomic E-state index is 6.04. The highest BCUT2D eigenvalue weighted by molar-refractivity contribution is 6.32. The monoisotopic (exact) mass is 276 g/mol. The molecule has 0 radical (unpaired) electrons. The fourth-order valence-electron chi connectivity index (χ4n) is 1.62. The van der Waals surface area contributed by atoms with Gasteiger partial charge in [-0.15, -0.1) is 0 Å². The molecule has 1 unspecified atom stereocenters. The smallest absolute Gasteiger partial charge is 0.145 e. The number of hydrogen-bond donors (Lipinski definition) is 1. The third kappa shape index (κ3) is 4.14. The molecule has 0 aliphatic heterocycles.